The summed E-state index contributed by atoms with van der Waals surface area (Å²) in [6.45, 7) is 2.23. The quantitative estimate of drug-likeness (QED) is 0.580. The van der Waals surface area contributed by atoms with Crippen molar-refractivity contribution in [3.8, 4) is 0 Å². The molecule has 1 rings (SSSR count). The summed E-state index contributed by atoms with van der Waals surface area (Å²) in [4.78, 5) is 1.31. The Morgan fingerprint density at radius 1 is 1.25 bits per heavy atom. The number of hydrogen-bond donors (Lipinski definition) is 1. The molecule has 1 N–H and O–H groups in total. The van der Waals surface area contributed by atoms with Gasteiger partial charge in [-0.1, -0.05) is 18.0 Å². The third-order valence-electron chi connectivity index (χ3n) is 2.61. The van der Waals surface area contributed by atoms with Crippen molar-refractivity contribution in [2.75, 3.05) is 12.8 Å². The molecule has 0 bridgehead atoms. The highest BCUT2D eigenvalue weighted by Gasteiger charge is 1.98. The lowest BCUT2D eigenvalue weighted by Gasteiger charge is -2.08. The topological polar surface area (TPSA) is 12.0 Å². The first-order chi connectivity index (χ1) is 7.72. The van der Waals surface area contributed by atoms with Crippen molar-refractivity contribution in [1.82, 2.24) is 5.32 Å². The van der Waals surface area contributed by atoms with Crippen LogP contribution in [0.3, 0.4) is 0 Å². The van der Waals surface area contributed by atoms with Crippen LogP contribution in [-0.2, 0) is 0 Å². The van der Waals surface area contributed by atoms with Gasteiger partial charge in [0, 0.05) is 16.0 Å². The molecule has 0 radical (unpaired) electrons. The van der Waals surface area contributed by atoms with Crippen LogP contribution in [0, 0.1) is 0 Å². The van der Waals surface area contributed by atoms with Crippen molar-refractivity contribution < 1.29 is 0 Å². The fourth-order valence-corrected chi connectivity index (χ4v) is 2.46. The fourth-order valence-electron chi connectivity index (χ4n) is 1.42. The molecule has 1 aromatic carbocycles. The standard InChI is InChI=1S/C13H20ClNS/c1-11(15-2)5-3-4-10-16-13-8-6-12(14)7-9-13/h6-9,11,15H,3-5,10H2,1-2H3. The molecule has 0 aliphatic rings. The van der Waals surface area contributed by atoms with E-state index in [-0.39, 0.29) is 0 Å². The molecular formula is C13H20ClNS. The highest BCUT2D eigenvalue weighted by molar-refractivity contribution is 7.99. The predicted molar refractivity (Wildman–Crippen MR) is 74.5 cm³/mol. The number of hydrogen-bond acceptors (Lipinski definition) is 2. The van der Waals surface area contributed by atoms with Gasteiger partial charge in [-0.25, -0.2) is 0 Å². The third-order valence-corrected chi connectivity index (χ3v) is 3.96. The summed E-state index contributed by atoms with van der Waals surface area (Å²) >= 11 is 7.74. The minimum absolute atomic E-state index is 0.639. The molecule has 3 heteroatoms. The highest BCUT2D eigenvalue weighted by Crippen LogP contribution is 2.21. The average molecular weight is 258 g/mol. The third kappa shape index (κ3) is 5.78. The van der Waals surface area contributed by atoms with E-state index in [2.05, 4.69) is 24.4 Å². The molecule has 0 heterocycles. The molecule has 0 aliphatic carbocycles. The van der Waals surface area contributed by atoms with Gasteiger partial charge in [0.1, 0.15) is 0 Å². The van der Waals surface area contributed by atoms with Crippen LogP contribution in [0.25, 0.3) is 0 Å². The second-order valence-electron chi connectivity index (χ2n) is 3.99. The molecule has 90 valence electrons. The molecular weight excluding hydrogens is 238 g/mol. The van der Waals surface area contributed by atoms with Crippen LogP contribution in [-0.4, -0.2) is 18.8 Å². The summed E-state index contributed by atoms with van der Waals surface area (Å²) in [6, 6.07) is 8.72. The smallest absolute Gasteiger partial charge is 0.0406 e. The maximum Gasteiger partial charge on any atom is 0.0406 e. The Hall–Kier alpha value is -0.180. The monoisotopic (exact) mass is 257 g/mol. The first-order valence-corrected chi connectivity index (χ1v) is 7.14. The molecule has 0 saturated heterocycles. The van der Waals surface area contributed by atoms with Crippen molar-refractivity contribution >= 4 is 23.4 Å². The molecule has 1 nitrogen and oxygen atoms in total. The van der Waals surface area contributed by atoms with Crippen LogP contribution in [0.1, 0.15) is 26.2 Å². The SMILES string of the molecule is CNC(C)CCCCSc1ccc(Cl)cc1. The molecule has 0 fully saturated rings. The van der Waals surface area contributed by atoms with Crippen molar-refractivity contribution in [2.45, 2.75) is 37.1 Å². The molecule has 0 aromatic heterocycles. The van der Waals surface area contributed by atoms with E-state index in [0.29, 0.717) is 6.04 Å². The van der Waals surface area contributed by atoms with Gasteiger partial charge in [-0.15, -0.1) is 11.8 Å². The molecule has 0 saturated carbocycles. The Labute approximate surface area is 108 Å². The van der Waals surface area contributed by atoms with Crippen LogP contribution >= 0.6 is 23.4 Å². The van der Waals surface area contributed by atoms with Gasteiger partial charge < -0.3 is 5.32 Å². The van der Waals surface area contributed by atoms with Gasteiger partial charge in [0.2, 0.25) is 0 Å². The molecule has 16 heavy (non-hydrogen) atoms. The van der Waals surface area contributed by atoms with E-state index in [1.54, 1.807) is 0 Å². The molecule has 1 atom stereocenters. The van der Waals surface area contributed by atoms with E-state index in [0.717, 1.165) is 5.02 Å². The number of rotatable bonds is 7. The molecule has 0 amide bonds. The molecule has 0 spiro atoms. The predicted octanol–water partition coefficient (Wildman–Crippen LogP) is 4.21. The largest absolute Gasteiger partial charge is 0.317 e. The lowest BCUT2D eigenvalue weighted by molar-refractivity contribution is 0.539. The summed E-state index contributed by atoms with van der Waals surface area (Å²) < 4.78 is 0. The van der Waals surface area contributed by atoms with Crippen molar-refractivity contribution in [2.24, 2.45) is 0 Å². The van der Waals surface area contributed by atoms with E-state index in [9.17, 15) is 0 Å². The van der Waals surface area contributed by atoms with Gasteiger partial charge in [-0.3, -0.25) is 0 Å². The first-order valence-electron chi connectivity index (χ1n) is 5.78. The van der Waals surface area contributed by atoms with E-state index >= 15 is 0 Å². The zero-order valence-electron chi connectivity index (χ0n) is 10.0. The number of halogens is 1. The molecule has 1 aromatic rings. The van der Waals surface area contributed by atoms with Crippen molar-refractivity contribution in [3.63, 3.8) is 0 Å². The zero-order chi connectivity index (χ0) is 11.8. The van der Waals surface area contributed by atoms with Crippen LogP contribution < -0.4 is 5.32 Å². The lowest BCUT2D eigenvalue weighted by Crippen LogP contribution is -2.20. The van der Waals surface area contributed by atoms with Crippen LogP contribution in [0.2, 0.25) is 5.02 Å². The fraction of sp³-hybridized carbons (Fsp3) is 0.538. The Kier molecular flexibility index (Phi) is 6.93. The number of nitrogens with one attached hydrogen (secondary N) is 1. The number of unbranched alkanes of at least 4 members (excludes halogenated alkanes) is 1. The first kappa shape index (κ1) is 13.9. The van der Waals surface area contributed by atoms with Crippen LogP contribution in [0.4, 0.5) is 0 Å². The maximum absolute atomic E-state index is 5.83. The van der Waals surface area contributed by atoms with Gasteiger partial charge in [0.05, 0.1) is 0 Å². The molecule has 1 unspecified atom stereocenters. The van der Waals surface area contributed by atoms with Gasteiger partial charge in [-0.05, 0) is 56.8 Å². The van der Waals surface area contributed by atoms with Gasteiger partial charge in [-0.2, -0.15) is 0 Å². The summed E-state index contributed by atoms with van der Waals surface area (Å²) in [5.41, 5.74) is 0. The number of benzene rings is 1. The summed E-state index contributed by atoms with van der Waals surface area (Å²) in [5, 5.41) is 4.07. The number of thioether (sulfide) groups is 1. The van der Waals surface area contributed by atoms with Gasteiger partial charge >= 0.3 is 0 Å². The zero-order valence-corrected chi connectivity index (χ0v) is 11.6. The maximum atomic E-state index is 5.83. The second kappa shape index (κ2) is 7.99. The average Bonchev–Trinajstić information content (AvgIpc) is 2.31. The second-order valence-corrected chi connectivity index (χ2v) is 5.59. The van der Waals surface area contributed by atoms with Crippen molar-refractivity contribution in [3.05, 3.63) is 29.3 Å². The summed E-state index contributed by atoms with van der Waals surface area (Å²) in [5.74, 6) is 1.19. The Morgan fingerprint density at radius 3 is 2.56 bits per heavy atom. The van der Waals surface area contributed by atoms with E-state index in [4.69, 9.17) is 11.6 Å². The van der Waals surface area contributed by atoms with E-state index < -0.39 is 0 Å². The Morgan fingerprint density at radius 2 is 1.94 bits per heavy atom. The normalized spacial score (nSPS) is 12.7. The van der Waals surface area contributed by atoms with Crippen molar-refractivity contribution in [1.29, 1.82) is 0 Å². The van der Waals surface area contributed by atoms with E-state index in [1.807, 2.05) is 30.9 Å². The van der Waals surface area contributed by atoms with Crippen LogP contribution in [0.5, 0.6) is 0 Å². The molecule has 0 aliphatic heterocycles. The summed E-state index contributed by atoms with van der Waals surface area (Å²) in [7, 11) is 2.02. The minimum Gasteiger partial charge on any atom is -0.317 e. The van der Waals surface area contributed by atoms with E-state index in [1.165, 1.54) is 29.9 Å². The van der Waals surface area contributed by atoms with Gasteiger partial charge in [0.15, 0.2) is 0 Å². The highest BCUT2D eigenvalue weighted by atomic mass is 35.5. The van der Waals surface area contributed by atoms with Crippen LogP contribution in [0.15, 0.2) is 29.2 Å². The Balaban J connectivity index is 2.09. The Bertz CT molecular complexity index is 286. The lowest BCUT2D eigenvalue weighted by atomic mass is 10.1. The van der Waals surface area contributed by atoms with Gasteiger partial charge in [0.25, 0.3) is 0 Å². The summed E-state index contributed by atoms with van der Waals surface area (Å²) in [6.07, 6.45) is 3.83. The minimum atomic E-state index is 0.639.